The maximum Gasteiger partial charge on any atom is 0.471 e. The van der Waals surface area contributed by atoms with Crippen molar-refractivity contribution in [2.45, 2.75) is 18.1 Å². The Hall–Kier alpha value is -1.56. The first kappa shape index (κ1) is 12.9. The molecule has 1 amide bonds. The molecule has 98 valence electrons. The van der Waals surface area contributed by atoms with Gasteiger partial charge in [0.1, 0.15) is 0 Å². The van der Waals surface area contributed by atoms with Crippen molar-refractivity contribution in [1.29, 1.82) is 0 Å². The Morgan fingerprint density at radius 3 is 2.39 bits per heavy atom. The molecule has 0 bridgehead atoms. The number of amides is 1. The van der Waals surface area contributed by atoms with Gasteiger partial charge in [-0.15, -0.1) is 0 Å². The Morgan fingerprint density at radius 2 is 1.83 bits per heavy atom. The number of hydrogen-bond donors (Lipinski definition) is 1. The SMILES string of the molecule is N[C@@H]1CN(C(=O)C(F)(F)F)C[C@H]1c1ccccc1. The molecule has 0 spiro atoms. The van der Waals surface area contributed by atoms with Gasteiger partial charge in [0.05, 0.1) is 0 Å². The van der Waals surface area contributed by atoms with Crippen molar-refractivity contribution in [1.82, 2.24) is 4.90 Å². The lowest BCUT2D eigenvalue weighted by atomic mass is 9.95. The summed E-state index contributed by atoms with van der Waals surface area (Å²) in [5, 5.41) is 0. The standard InChI is InChI=1S/C12H13F3N2O/c13-12(14,15)11(18)17-6-9(10(16)7-17)8-4-2-1-3-5-8/h1-5,9-10H,6-7,16H2/t9-,10+/m0/s1. The summed E-state index contributed by atoms with van der Waals surface area (Å²) in [6.45, 7) is -0.0403. The van der Waals surface area contributed by atoms with Crippen LogP contribution in [-0.2, 0) is 4.79 Å². The zero-order valence-electron chi connectivity index (χ0n) is 9.52. The number of likely N-dealkylation sites (tertiary alicyclic amines) is 1. The quantitative estimate of drug-likeness (QED) is 0.829. The fraction of sp³-hybridized carbons (Fsp3) is 0.417. The van der Waals surface area contributed by atoms with E-state index in [1.54, 1.807) is 12.1 Å². The number of benzene rings is 1. The molecule has 1 saturated heterocycles. The van der Waals surface area contributed by atoms with Gasteiger partial charge in [0.2, 0.25) is 0 Å². The van der Waals surface area contributed by atoms with Gasteiger partial charge in [-0.05, 0) is 5.56 Å². The molecular weight excluding hydrogens is 245 g/mol. The predicted molar refractivity (Wildman–Crippen MR) is 59.8 cm³/mol. The summed E-state index contributed by atoms with van der Waals surface area (Å²) in [4.78, 5) is 11.9. The molecule has 3 nitrogen and oxygen atoms in total. The highest BCUT2D eigenvalue weighted by Crippen LogP contribution is 2.29. The van der Waals surface area contributed by atoms with Crippen LogP contribution in [-0.4, -0.2) is 36.1 Å². The molecule has 0 aromatic heterocycles. The molecule has 2 rings (SSSR count). The van der Waals surface area contributed by atoms with E-state index in [1.807, 2.05) is 18.2 Å². The molecule has 0 radical (unpaired) electrons. The van der Waals surface area contributed by atoms with Gasteiger partial charge >= 0.3 is 12.1 Å². The molecule has 18 heavy (non-hydrogen) atoms. The third-order valence-electron chi connectivity index (χ3n) is 3.12. The lowest BCUT2D eigenvalue weighted by molar-refractivity contribution is -0.184. The summed E-state index contributed by atoms with van der Waals surface area (Å²) in [5.41, 5.74) is 6.68. The molecule has 0 saturated carbocycles. The molecule has 0 unspecified atom stereocenters. The second kappa shape index (κ2) is 4.61. The Kier molecular flexibility index (Phi) is 3.30. The third-order valence-corrected chi connectivity index (χ3v) is 3.12. The number of nitrogens with two attached hydrogens (primary N) is 1. The summed E-state index contributed by atoms with van der Waals surface area (Å²) >= 11 is 0. The van der Waals surface area contributed by atoms with Gasteiger partial charge in [0, 0.05) is 25.0 Å². The van der Waals surface area contributed by atoms with Crippen molar-refractivity contribution in [2.75, 3.05) is 13.1 Å². The maximum absolute atomic E-state index is 12.3. The van der Waals surface area contributed by atoms with Crippen molar-refractivity contribution in [3.8, 4) is 0 Å². The molecule has 1 heterocycles. The first-order chi connectivity index (χ1) is 8.39. The van der Waals surface area contributed by atoms with Gasteiger partial charge in [0.15, 0.2) is 0 Å². The summed E-state index contributed by atoms with van der Waals surface area (Å²) in [6, 6.07) is 8.59. The van der Waals surface area contributed by atoms with E-state index in [2.05, 4.69) is 0 Å². The van der Waals surface area contributed by atoms with Crippen LogP contribution in [0.15, 0.2) is 30.3 Å². The van der Waals surface area contributed by atoms with Crippen LogP contribution in [0.2, 0.25) is 0 Å². The Balaban J connectivity index is 2.13. The van der Waals surface area contributed by atoms with Gasteiger partial charge in [-0.25, -0.2) is 0 Å². The highest BCUT2D eigenvalue weighted by Gasteiger charge is 2.46. The van der Waals surface area contributed by atoms with E-state index in [-0.39, 0.29) is 19.0 Å². The minimum atomic E-state index is -4.83. The molecule has 1 aliphatic heterocycles. The van der Waals surface area contributed by atoms with Gasteiger partial charge in [-0.2, -0.15) is 13.2 Å². The van der Waals surface area contributed by atoms with Crippen LogP contribution in [0.5, 0.6) is 0 Å². The van der Waals surface area contributed by atoms with E-state index >= 15 is 0 Å². The van der Waals surface area contributed by atoms with Crippen LogP contribution in [0.3, 0.4) is 0 Å². The smallest absolute Gasteiger partial charge is 0.333 e. The fourth-order valence-electron chi connectivity index (χ4n) is 2.23. The molecule has 1 aliphatic rings. The van der Waals surface area contributed by atoms with Gasteiger partial charge in [-0.3, -0.25) is 4.79 Å². The van der Waals surface area contributed by atoms with Crippen LogP contribution in [0.4, 0.5) is 13.2 Å². The number of nitrogens with zero attached hydrogens (tertiary/aromatic N) is 1. The zero-order chi connectivity index (χ0) is 13.3. The molecular formula is C12H13F3N2O. The number of carbonyl (C=O) groups excluding carboxylic acids is 1. The average Bonchev–Trinajstić information content (AvgIpc) is 2.70. The highest BCUT2D eigenvalue weighted by molar-refractivity contribution is 5.82. The van der Waals surface area contributed by atoms with Crippen LogP contribution in [0.1, 0.15) is 11.5 Å². The number of alkyl halides is 3. The van der Waals surface area contributed by atoms with Crippen molar-refractivity contribution in [2.24, 2.45) is 5.73 Å². The molecule has 1 aromatic carbocycles. The van der Waals surface area contributed by atoms with E-state index < -0.39 is 18.1 Å². The number of halogens is 3. The molecule has 2 N–H and O–H groups in total. The Bertz CT molecular complexity index is 433. The largest absolute Gasteiger partial charge is 0.471 e. The van der Waals surface area contributed by atoms with Gasteiger partial charge in [0.25, 0.3) is 0 Å². The average molecular weight is 258 g/mol. The lowest BCUT2D eigenvalue weighted by Crippen LogP contribution is -2.40. The van der Waals surface area contributed by atoms with Crippen molar-refractivity contribution in [3.05, 3.63) is 35.9 Å². The highest BCUT2D eigenvalue weighted by atomic mass is 19.4. The first-order valence-electron chi connectivity index (χ1n) is 5.56. The second-order valence-corrected chi connectivity index (χ2v) is 4.39. The fourth-order valence-corrected chi connectivity index (χ4v) is 2.23. The zero-order valence-corrected chi connectivity index (χ0v) is 9.52. The number of rotatable bonds is 1. The first-order valence-corrected chi connectivity index (χ1v) is 5.56. The monoisotopic (exact) mass is 258 g/mol. The van der Waals surface area contributed by atoms with E-state index in [1.165, 1.54) is 0 Å². The summed E-state index contributed by atoms with van der Waals surface area (Å²) < 4.78 is 37.0. The number of carbonyl (C=O) groups is 1. The third kappa shape index (κ3) is 2.48. The second-order valence-electron chi connectivity index (χ2n) is 4.39. The minimum absolute atomic E-state index is 0.0174. The molecule has 1 aromatic rings. The minimum Gasteiger partial charge on any atom is -0.333 e. The van der Waals surface area contributed by atoms with Crippen molar-refractivity contribution < 1.29 is 18.0 Å². The summed E-state index contributed by atoms with van der Waals surface area (Å²) in [5.74, 6) is -2.05. The molecule has 0 aliphatic carbocycles. The maximum atomic E-state index is 12.3. The van der Waals surface area contributed by atoms with E-state index in [0.29, 0.717) is 0 Å². The van der Waals surface area contributed by atoms with Crippen molar-refractivity contribution >= 4 is 5.91 Å². The van der Waals surface area contributed by atoms with Gasteiger partial charge < -0.3 is 10.6 Å². The van der Waals surface area contributed by atoms with Crippen LogP contribution in [0.25, 0.3) is 0 Å². The van der Waals surface area contributed by atoms with Crippen LogP contribution < -0.4 is 5.73 Å². The van der Waals surface area contributed by atoms with Gasteiger partial charge in [-0.1, -0.05) is 30.3 Å². The van der Waals surface area contributed by atoms with E-state index in [4.69, 9.17) is 5.73 Å². The lowest BCUT2D eigenvalue weighted by Gasteiger charge is -2.17. The normalized spacial score (nSPS) is 24.3. The Labute approximate surface area is 102 Å². The molecule has 1 fully saturated rings. The Morgan fingerprint density at radius 1 is 1.22 bits per heavy atom. The van der Waals surface area contributed by atoms with Crippen molar-refractivity contribution in [3.63, 3.8) is 0 Å². The predicted octanol–water partition coefficient (Wildman–Crippen LogP) is 1.50. The molecule has 6 heteroatoms. The summed E-state index contributed by atoms with van der Waals surface area (Å²) in [7, 11) is 0. The van der Waals surface area contributed by atoms with E-state index in [9.17, 15) is 18.0 Å². The topological polar surface area (TPSA) is 46.3 Å². The van der Waals surface area contributed by atoms with E-state index in [0.717, 1.165) is 10.5 Å². The molecule has 2 atom stereocenters. The number of hydrogen-bond acceptors (Lipinski definition) is 2. The van der Waals surface area contributed by atoms with Crippen LogP contribution in [0, 0.1) is 0 Å². The summed E-state index contributed by atoms with van der Waals surface area (Å²) in [6.07, 6.45) is -4.83. The van der Waals surface area contributed by atoms with Crippen LogP contribution >= 0.6 is 0 Å².